The summed E-state index contributed by atoms with van der Waals surface area (Å²) in [6.07, 6.45) is 0. The minimum Gasteiger partial charge on any atom is -0.506 e. The number of urea groups is 1. The molecule has 1 heterocycles. The van der Waals surface area contributed by atoms with Gasteiger partial charge in [0.25, 0.3) is 11.8 Å². The van der Waals surface area contributed by atoms with E-state index in [2.05, 4.69) is 10.6 Å². The number of rotatable bonds is 3. The third-order valence-electron chi connectivity index (χ3n) is 4.09. The number of aromatic hydroxyl groups is 1. The van der Waals surface area contributed by atoms with E-state index < -0.39 is 6.03 Å². The number of nitrogens with one attached hydrogen (secondary N) is 2. The van der Waals surface area contributed by atoms with E-state index in [1.165, 1.54) is 23.1 Å². The number of carbonyl (C=O) groups is 3. The molecular formula is C19H19N3O4. The van der Waals surface area contributed by atoms with Gasteiger partial charge in [-0.05, 0) is 56.7 Å². The monoisotopic (exact) mass is 353 g/mol. The van der Waals surface area contributed by atoms with Gasteiger partial charge in [0.15, 0.2) is 0 Å². The maximum Gasteiger partial charge on any atom is 0.323 e. The molecule has 0 fully saturated rings. The Morgan fingerprint density at radius 3 is 2.35 bits per heavy atom. The summed E-state index contributed by atoms with van der Waals surface area (Å²) in [7, 11) is 0. The van der Waals surface area contributed by atoms with Crippen molar-refractivity contribution in [3.63, 3.8) is 0 Å². The highest BCUT2D eigenvalue weighted by molar-refractivity contribution is 6.22. The van der Waals surface area contributed by atoms with Crippen LogP contribution in [0.2, 0.25) is 0 Å². The number of benzene rings is 2. The second-order valence-corrected chi connectivity index (χ2v) is 6.43. The van der Waals surface area contributed by atoms with Crippen LogP contribution in [-0.4, -0.2) is 33.9 Å². The number of imide groups is 1. The van der Waals surface area contributed by atoms with Crippen molar-refractivity contribution < 1.29 is 19.5 Å². The molecular weight excluding hydrogens is 334 g/mol. The van der Waals surface area contributed by atoms with Gasteiger partial charge in [0, 0.05) is 11.7 Å². The molecule has 0 spiro atoms. The fourth-order valence-electron chi connectivity index (χ4n) is 2.84. The topological polar surface area (TPSA) is 98.7 Å². The Morgan fingerprint density at radius 2 is 1.69 bits per heavy atom. The smallest absolute Gasteiger partial charge is 0.323 e. The van der Waals surface area contributed by atoms with E-state index in [9.17, 15) is 19.5 Å². The molecule has 1 aliphatic rings. The molecule has 0 atom stereocenters. The summed E-state index contributed by atoms with van der Waals surface area (Å²) in [5.74, 6) is -0.747. The number of nitrogens with zero attached hydrogens (tertiary/aromatic N) is 1. The van der Waals surface area contributed by atoms with Crippen LogP contribution in [0.3, 0.4) is 0 Å². The number of phenols is 1. The van der Waals surface area contributed by atoms with E-state index in [-0.39, 0.29) is 34.9 Å². The molecule has 1 aliphatic heterocycles. The minimum absolute atomic E-state index is 0.0394. The molecule has 2 aromatic rings. The number of phenolic OH excluding ortho intramolecular Hbond substituents is 1. The molecule has 7 nitrogen and oxygen atoms in total. The van der Waals surface area contributed by atoms with Crippen LogP contribution in [0.15, 0.2) is 36.4 Å². The fourth-order valence-corrected chi connectivity index (χ4v) is 2.84. The summed E-state index contributed by atoms with van der Waals surface area (Å²) in [5.41, 5.74) is 2.10. The summed E-state index contributed by atoms with van der Waals surface area (Å²) in [6, 6.07) is 8.64. The second kappa shape index (κ2) is 6.51. The van der Waals surface area contributed by atoms with Crippen molar-refractivity contribution in [3.05, 3.63) is 53.1 Å². The van der Waals surface area contributed by atoms with Crippen LogP contribution >= 0.6 is 0 Å². The highest BCUT2D eigenvalue weighted by Gasteiger charge is 2.37. The summed E-state index contributed by atoms with van der Waals surface area (Å²) >= 11 is 0. The SMILES string of the molecule is Cc1ccc(NC(=O)Nc2ccc3c(c2)C(=O)N(C(C)C)C3=O)c(O)c1. The zero-order chi connectivity index (χ0) is 19.0. The van der Waals surface area contributed by atoms with E-state index in [1.807, 2.05) is 6.92 Å². The summed E-state index contributed by atoms with van der Waals surface area (Å²) < 4.78 is 0. The molecule has 134 valence electrons. The van der Waals surface area contributed by atoms with Gasteiger partial charge in [-0.2, -0.15) is 0 Å². The number of fused-ring (bicyclic) bond motifs is 1. The van der Waals surface area contributed by atoms with Crippen molar-refractivity contribution in [1.29, 1.82) is 0 Å². The first kappa shape index (κ1) is 17.5. The van der Waals surface area contributed by atoms with Crippen molar-refractivity contribution in [1.82, 2.24) is 4.90 Å². The van der Waals surface area contributed by atoms with Crippen LogP contribution in [0, 0.1) is 6.92 Å². The van der Waals surface area contributed by atoms with Gasteiger partial charge in [-0.3, -0.25) is 14.5 Å². The van der Waals surface area contributed by atoms with E-state index in [4.69, 9.17) is 0 Å². The summed E-state index contributed by atoms with van der Waals surface area (Å²) in [5, 5.41) is 15.0. The van der Waals surface area contributed by atoms with Crippen molar-refractivity contribution in [2.75, 3.05) is 10.6 Å². The van der Waals surface area contributed by atoms with Gasteiger partial charge in [-0.15, -0.1) is 0 Å². The summed E-state index contributed by atoms with van der Waals surface area (Å²) in [4.78, 5) is 38.0. The molecule has 3 N–H and O–H groups in total. The number of amides is 4. The fraction of sp³-hybridized carbons (Fsp3) is 0.211. The van der Waals surface area contributed by atoms with E-state index in [0.717, 1.165) is 5.56 Å². The molecule has 0 unspecified atom stereocenters. The predicted octanol–water partition coefficient (Wildman–Crippen LogP) is 3.35. The van der Waals surface area contributed by atoms with E-state index >= 15 is 0 Å². The number of carbonyl (C=O) groups excluding carboxylic acids is 3. The lowest BCUT2D eigenvalue weighted by Crippen LogP contribution is -2.35. The number of hydrogen-bond donors (Lipinski definition) is 3. The van der Waals surface area contributed by atoms with Crippen molar-refractivity contribution in [3.8, 4) is 5.75 Å². The molecule has 3 rings (SSSR count). The normalized spacial score (nSPS) is 13.2. The molecule has 0 radical (unpaired) electrons. The Kier molecular flexibility index (Phi) is 4.38. The predicted molar refractivity (Wildman–Crippen MR) is 97.6 cm³/mol. The van der Waals surface area contributed by atoms with Gasteiger partial charge in [0.1, 0.15) is 5.75 Å². The highest BCUT2D eigenvalue weighted by atomic mass is 16.3. The Morgan fingerprint density at radius 1 is 1.00 bits per heavy atom. The van der Waals surface area contributed by atoms with Crippen LogP contribution < -0.4 is 10.6 Å². The quantitative estimate of drug-likeness (QED) is 0.582. The molecule has 0 aromatic heterocycles. The zero-order valence-electron chi connectivity index (χ0n) is 14.7. The lowest BCUT2D eigenvalue weighted by molar-refractivity contribution is 0.0609. The van der Waals surface area contributed by atoms with Gasteiger partial charge in [-0.25, -0.2) is 4.79 Å². The third kappa shape index (κ3) is 3.11. The Hall–Kier alpha value is -3.35. The number of hydrogen-bond acceptors (Lipinski definition) is 4. The minimum atomic E-state index is -0.568. The van der Waals surface area contributed by atoms with Gasteiger partial charge in [0.05, 0.1) is 16.8 Å². The molecule has 2 aromatic carbocycles. The van der Waals surface area contributed by atoms with Crippen LogP contribution in [0.4, 0.5) is 16.2 Å². The standard InChI is InChI=1S/C19H19N3O4/c1-10(2)22-17(24)13-6-5-12(9-14(13)18(22)25)20-19(26)21-15-7-4-11(3)8-16(15)23/h4-10,23H,1-3H3,(H2,20,21,26). The van der Waals surface area contributed by atoms with Crippen molar-refractivity contribution in [2.45, 2.75) is 26.8 Å². The number of aryl methyl sites for hydroxylation is 1. The van der Waals surface area contributed by atoms with Gasteiger partial charge < -0.3 is 15.7 Å². The Balaban J connectivity index is 1.77. The zero-order valence-corrected chi connectivity index (χ0v) is 14.7. The Labute approximate surface area is 150 Å². The lowest BCUT2D eigenvalue weighted by atomic mass is 10.1. The molecule has 0 bridgehead atoms. The van der Waals surface area contributed by atoms with Crippen molar-refractivity contribution >= 4 is 29.2 Å². The van der Waals surface area contributed by atoms with Gasteiger partial charge >= 0.3 is 6.03 Å². The first-order chi connectivity index (χ1) is 12.3. The van der Waals surface area contributed by atoms with Crippen LogP contribution in [-0.2, 0) is 0 Å². The first-order valence-electron chi connectivity index (χ1n) is 8.17. The third-order valence-corrected chi connectivity index (χ3v) is 4.09. The maximum atomic E-state index is 12.4. The van der Waals surface area contributed by atoms with E-state index in [1.54, 1.807) is 32.0 Å². The van der Waals surface area contributed by atoms with E-state index in [0.29, 0.717) is 11.3 Å². The maximum absolute atomic E-state index is 12.4. The average Bonchev–Trinajstić information content (AvgIpc) is 2.81. The molecule has 7 heteroatoms. The molecule has 0 saturated carbocycles. The average molecular weight is 353 g/mol. The number of anilines is 2. The lowest BCUT2D eigenvalue weighted by Gasteiger charge is -2.17. The molecule has 4 amide bonds. The summed E-state index contributed by atoms with van der Waals surface area (Å²) in [6.45, 7) is 5.36. The largest absolute Gasteiger partial charge is 0.506 e. The second-order valence-electron chi connectivity index (χ2n) is 6.43. The van der Waals surface area contributed by atoms with Crippen LogP contribution in [0.1, 0.15) is 40.1 Å². The molecule has 0 aliphatic carbocycles. The molecule has 0 saturated heterocycles. The Bertz CT molecular complexity index is 921. The van der Waals surface area contributed by atoms with Crippen LogP contribution in [0.5, 0.6) is 5.75 Å². The van der Waals surface area contributed by atoms with Gasteiger partial charge in [-0.1, -0.05) is 6.07 Å². The van der Waals surface area contributed by atoms with Crippen molar-refractivity contribution in [2.24, 2.45) is 0 Å². The van der Waals surface area contributed by atoms with Gasteiger partial charge in [0.2, 0.25) is 0 Å². The van der Waals surface area contributed by atoms with Crippen LogP contribution in [0.25, 0.3) is 0 Å². The first-order valence-corrected chi connectivity index (χ1v) is 8.17. The highest BCUT2D eigenvalue weighted by Crippen LogP contribution is 2.28. The molecule has 26 heavy (non-hydrogen) atoms.